The van der Waals surface area contributed by atoms with Crippen molar-refractivity contribution in [1.82, 2.24) is 4.98 Å². The number of hydrogen-bond acceptors (Lipinski definition) is 4. The molecule has 12 heavy (non-hydrogen) atoms. The number of rotatable bonds is 2. The number of aromatic nitrogens is 1. The van der Waals surface area contributed by atoms with E-state index in [4.69, 9.17) is 17.2 Å². The SMILES string of the molecule is NCC(N)c1c[nH]cc(N)c1=O. The number of nitrogen functional groups attached to an aromatic ring is 1. The van der Waals surface area contributed by atoms with Gasteiger partial charge in [-0.05, 0) is 0 Å². The molecular weight excluding hydrogens is 156 g/mol. The summed E-state index contributed by atoms with van der Waals surface area (Å²) in [5, 5.41) is 0. The molecule has 0 radical (unpaired) electrons. The topological polar surface area (TPSA) is 111 Å². The molecule has 0 saturated heterocycles. The third kappa shape index (κ3) is 1.46. The summed E-state index contributed by atoms with van der Waals surface area (Å²) in [6.07, 6.45) is 2.95. The zero-order valence-electron chi connectivity index (χ0n) is 6.58. The Morgan fingerprint density at radius 3 is 2.75 bits per heavy atom. The molecule has 5 heteroatoms. The lowest BCUT2D eigenvalue weighted by Gasteiger charge is -2.07. The highest BCUT2D eigenvalue weighted by Gasteiger charge is 2.08. The van der Waals surface area contributed by atoms with Gasteiger partial charge in [-0.25, -0.2) is 0 Å². The molecule has 0 aliphatic heterocycles. The van der Waals surface area contributed by atoms with Gasteiger partial charge >= 0.3 is 0 Å². The smallest absolute Gasteiger partial charge is 0.209 e. The monoisotopic (exact) mass is 168 g/mol. The van der Waals surface area contributed by atoms with Crippen molar-refractivity contribution in [3.63, 3.8) is 0 Å². The molecule has 1 aromatic rings. The Hall–Kier alpha value is -1.33. The van der Waals surface area contributed by atoms with Crippen LogP contribution in [0, 0.1) is 0 Å². The highest BCUT2D eigenvalue weighted by atomic mass is 16.1. The molecule has 0 bridgehead atoms. The van der Waals surface area contributed by atoms with E-state index in [1.165, 1.54) is 12.4 Å². The predicted octanol–water partition coefficient (Wildman–Crippen LogP) is -1.08. The Morgan fingerprint density at radius 1 is 1.50 bits per heavy atom. The van der Waals surface area contributed by atoms with Gasteiger partial charge < -0.3 is 22.2 Å². The van der Waals surface area contributed by atoms with Crippen LogP contribution in [0.3, 0.4) is 0 Å². The molecule has 0 amide bonds. The number of pyridine rings is 1. The van der Waals surface area contributed by atoms with Crippen molar-refractivity contribution in [3.8, 4) is 0 Å². The fraction of sp³-hybridized carbons (Fsp3) is 0.286. The van der Waals surface area contributed by atoms with Gasteiger partial charge in [0.05, 0.1) is 5.69 Å². The van der Waals surface area contributed by atoms with Crippen LogP contribution in [-0.4, -0.2) is 11.5 Å². The molecular formula is C7H12N4O. The van der Waals surface area contributed by atoms with E-state index in [0.717, 1.165) is 0 Å². The van der Waals surface area contributed by atoms with Crippen molar-refractivity contribution in [2.75, 3.05) is 12.3 Å². The van der Waals surface area contributed by atoms with Crippen molar-refractivity contribution in [1.29, 1.82) is 0 Å². The Bertz CT molecular complexity index is 319. The first-order valence-electron chi connectivity index (χ1n) is 3.59. The summed E-state index contributed by atoms with van der Waals surface area (Å²) in [4.78, 5) is 14.0. The van der Waals surface area contributed by atoms with Crippen LogP contribution in [-0.2, 0) is 0 Å². The maximum atomic E-state index is 11.3. The van der Waals surface area contributed by atoms with E-state index in [-0.39, 0.29) is 17.7 Å². The molecule has 0 saturated carbocycles. The van der Waals surface area contributed by atoms with Gasteiger partial charge in [0.25, 0.3) is 0 Å². The van der Waals surface area contributed by atoms with E-state index in [1.54, 1.807) is 0 Å². The van der Waals surface area contributed by atoms with Crippen LogP contribution in [0.25, 0.3) is 0 Å². The molecule has 1 rings (SSSR count). The fourth-order valence-corrected chi connectivity index (χ4v) is 0.921. The summed E-state index contributed by atoms with van der Waals surface area (Å²) in [5.41, 5.74) is 16.6. The minimum absolute atomic E-state index is 0.163. The van der Waals surface area contributed by atoms with Crippen molar-refractivity contribution >= 4 is 5.69 Å². The van der Waals surface area contributed by atoms with Crippen molar-refractivity contribution < 1.29 is 0 Å². The quantitative estimate of drug-likeness (QED) is 0.450. The highest BCUT2D eigenvalue weighted by Crippen LogP contribution is 2.02. The molecule has 0 aromatic carbocycles. The molecule has 1 aromatic heterocycles. The highest BCUT2D eigenvalue weighted by molar-refractivity contribution is 5.38. The summed E-state index contributed by atoms with van der Waals surface area (Å²) < 4.78 is 0. The summed E-state index contributed by atoms with van der Waals surface area (Å²) in [6.45, 7) is 0.229. The van der Waals surface area contributed by atoms with E-state index >= 15 is 0 Å². The van der Waals surface area contributed by atoms with Crippen molar-refractivity contribution in [2.45, 2.75) is 6.04 Å². The van der Waals surface area contributed by atoms with Crippen LogP contribution in [0.15, 0.2) is 17.2 Å². The molecule has 1 atom stereocenters. The Morgan fingerprint density at radius 2 is 2.17 bits per heavy atom. The van der Waals surface area contributed by atoms with Gasteiger partial charge in [-0.3, -0.25) is 4.79 Å². The second-order valence-corrected chi connectivity index (χ2v) is 2.54. The van der Waals surface area contributed by atoms with Crippen LogP contribution < -0.4 is 22.6 Å². The molecule has 1 heterocycles. The van der Waals surface area contributed by atoms with E-state index in [1.807, 2.05) is 0 Å². The Labute approximate surface area is 69.6 Å². The largest absolute Gasteiger partial charge is 0.394 e. The first-order chi connectivity index (χ1) is 5.66. The predicted molar refractivity (Wildman–Crippen MR) is 47.5 cm³/mol. The zero-order valence-corrected chi connectivity index (χ0v) is 6.58. The molecule has 7 N–H and O–H groups in total. The maximum Gasteiger partial charge on any atom is 0.209 e. The second kappa shape index (κ2) is 3.38. The molecule has 1 unspecified atom stereocenters. The molecule has 0 spiro atoms. The van der Waals surface area contributed by atoms with Crippen LogP contribution in [0.2, 0.25) is 0 Å². The molecule has 0 fully saturated rings. The molecule has 66 valence electrons. The van der Waals surface area contributed by atoms with E-state index < -0.39 is 6.04 Å². The molecule has 0 aliphatic carbocycles. The second-order valence-electron chi connectivity index (χ2n) is 2.54. The molecule has 0 aliphatic rings. The van der Waals surface area contributed by atoms with Gasteiger partial charge in [0.1, 0.15) is 0 Å². The standard InChI is InChI=1S/C7H12N4O/c8-1-5(9)4-2-11-3-6(10)7(4)12/h2-3,5H,1,8-10H2,(H,11,12). The van der Waals surface area contributed by atoms with Crippen LogP contribution in [0.1, 0.15) is 11.6 Å². The Balaban J connectivity index is 3.17. The average Bonchev–Trinajstić information content (AvgIpc) is 2.08. The third-order valence-corrected chi connectivity index (χ3v) is 1.66. The average molecular weight is 168 g/mol. The van der Waals surface area contributed by atoms with Crippen LogP contribution in [0.5, 0.6) is 0 Å². The van der Waals surface area contributed by atoms with Gasteiger partial charge in [0, 0.05) is 30.5 Å². The van der Waals surface area contributed by atoms with Gasteiger partial charge in [-0.15, -0.1) is 0 Å². The summed E-state index contributed by atoms with van der Waals surface area (Å²) in [5.74, 6) is 0. The van der Waals surface area contributed by atoms with E-state index in [0.29, 0.717) is 5.56 Å². The lowest BCUT2D eigenvalue weighted by Crippen LogP contribution is -2.27. The number of nitrogens with one attached hydrogen (secondary N) is 1. The van der Waals surface area contributed by atoms with Gasteiger partial charge in [0.15, 0.2) is 0 Å². The van der Waals surface area contributed by atoms with Crippen molar-refractivity contribution in [3.05, 3.63) is 28.2 Å². The number of hydrogen-bond donors (Lipinski definition) is 4. The number of anilines is 1. The number of aromatic amines is 1. The summed E-state index contributed by atoms with van der Waals surface area (Å²) >= 11 is 0. The zero-order chi connectivity index (χ0) is 9.14. The number of H-pyrrole nitrogens is 1. The normalized spacial score (nSPS) is 12.8. The summed E-state index contributed by atoms with van der Waals surface area (Å²) in [6, 6.07) is -0.447. The van der Waals surface area contributed by atoms with E-state index in [2.05, 4.69) is 4.98 Å². The van der Waals surface area contributed by atoms with Crippen LogP contribution >= 0.6 is 0 Å². The third-order valence-electron chi connectivity index (χ3n) is 1.66. The lowest BCUT2D eigenvalue weighted by atomic mass is 10.1. The van der Waals surface area contributed by atoms with E-state index in [9.17, 15) is 4.79 Å². The Kier molecular flexibility index (Phi) is 2.47. The fourth-order valence-electron chi connectivity index (χ4n) is 0.921. The maximum absolute atomic E-state index is 11.3. The first-order valence-corrected chi connectivity index (χ1v) is 3.59. The van der Waals surface area contributed by atoms with Crippen LogP contribution in [0.4, 0.5) is 5.69 Å². The van der Waals surface area contributed by atoms with Gasteiger partial charge in [0.2, 0.25) is 5.43 Å². The van der Waals surface area contributed by atoms with Gasteiger partial charge in [-0.2, -0.15) is 0 Å². The minimum Gasteiger partial charge on any atom is -0.394 e. The van der Waals surface area contributed by atoms with Crippen molar-refractivity contribution in [2.24, 2.45) is 11.5 Å². The lowest BCUT2D eigenvalue weighted by molar-refractivity contribution is 0.728. The molecule has 5 nitrogen and oxygen atoms in total. The summed E-state index contributed by atoms with van der Waals surface area (Å²) in [7, 11) is 0. The first kappa shape index (κ1) is 8.76. The van der Waals surface area contributed by atoms with Gasteiger partial charge in [-0.1, -0.05) is 0 Å². The number of nitrogens with two attached hydrogens (primary N) is 3. The minimum atomic E-state index is -0.447.